The van der Waals surface area contributed by atoms with Gasteiger partial charge in [-0.15, -0.1) is 0 Å². The maximum absolute atomic E-state index is 11.5. The van der Waals surface area contributed by atoms with E-state index in [-0.39, 0.29) is 17.1 Å². The maximum atomic E-state index is 11.5. The number of hydrogen-bond acceptors (Lipinski definition) is 4. The number of aliphatic hydroxyl groups is 1. The summed E-state index contributed by atoms with van der Waals surface area (Å²) in [6.07, 6.45) is 8.13. The van der Waals surface area contributed by atoms with Crippen molar-refractivity contribution in [3.63, 3.8) is 0 Å². The number of aromatic nitrogens is 1. The Labute approximate surface area is 260 Å². The van der Waals surface area contributed by atoms with Crippen LogP contribution in [-0.2, 0) is 14.8 Å². The minimum atomic E-state index is -0.934. The largest absolute Gasteiger partial charge is 0.481 e. The van der Waals surface area contributed by atoms with Crippen molar-refractivity contribution < 1.29 is 15.0 Å². The molecule has 0 saturated heterocycles. The van der Waals surface area contributed by atoms with Gasteiger partial charge in [-0.1, -0.05) is 72.8 Å². The first kappa shape index (κ1) is 29.8. The van der Waals surface area contributed by atoms with E-state index in [0.29, 0.717) is 0 Å². The van der Waals surface area contributed by atoms with Crippen LogP contribution in [0.4, 0.5) is 0 Å². The molecule has 1 aliphatic rings. The van der Waals surface area contributed by atoms with Crippen LogP contribution >= 0.6 is 34.4 Å². The van der Waals surface area contributed by atoms with Crippen molar-refractivity contribution in [2.75, 3.05) is 5.75 Å². The van der Waals surface area contributed by atoms with Crippen molar-refractivity contribution in [2.24, 2.45) is 5.41 Å². The molecule has 0 bridgehead atoms. The van der Waals surface area contributed by atoms with E-state index < -0.39 is 9.58 Å². The molecule has 1 aliphatic carbocycles. The number of nitrogens with zero attached hydrogens (tertiary/aromatic N) is 1. The van der Waals surface area contributed by atoms with Gasteiger partial charge in [0.15, 0.2) is 0 Å². The van der Waals surface area contributed by atoms with Gasteiger partial charge in [-0.05, 0) is 114 Å². The first-order valence-corrected chi connectivity index (χ1v) is 16.2. The lowest BCUT2D eigenvalue weighted by atomic mass is 9.96. The molecule has 0 aliphatic heterocycles. The van der Waals surface area contributed by atoms with E-state index in [1.165, 1.54) is 11.1 Å². The van der Waals surface area contributed by atoms with Gasteiger partial charge in [0.1, 0.15) is 3.61 Å². The average molecular weight is 678 g/mol. The van der Waals surface area contributed by atoms with E-state index in [1.807, 2.05) is 43.0 Å². The van der Waals surface area contributed by atoms with E-state index in [1.54, 1.807) is 0 Å². The quantitative estimate of drug-likeness (QED) is 0.116. The summed E-state index contributed by atoms with van der Waals surface area (Å²) in [7, 11) is 0. The molecule has 6 heteroatoms. The second-order valence-corrected chi connectivity index (χ2v) is 14.7. The van der Waals surface area contributed by atoms with Gasteiger partial charge >= 0.3 is 5.97 Å². The van der Waals surface area contributed by atoms with Crippen LogP contribution in [-0.4, -0.2) is 26.9 Å². The lowest BCUT2D eigenvalue weighted by Gasteiger charge is -2.23. The highest BCUT2D eigenvalue weighted by molar-refractivity contribution is 14.1. The molecule has 2 N–H and O–H groups in total. The van der Waals surface area contributed by atoms with Crippen molar-refractivity contribution in [2.45, 2.75) is 54.8 Å². The smallest absolute Gasteiger partial charge is 0.303 e. The lowest BCUT2D eigenvalue weighted by molar-refractivity contribution is -0.138. The molecule has 5 rings (SSSR count). The van der Waals surface area contributed by atoms with Gasteiger partial charge in [0.25, 0.3) is 0 Å². The Morgan fingerprint density at radius 2 is 1.85 bits per heavy atom. The van der Waals surface area contributed by atoms with Gasteiger partial charge in [0, 0.05) is 16.4 Å². The van der Waals surface area contributed by atoms with Crippen LogP contribution in [0.3, 0.4) is 0 Å². The van der Waals surface area contributed by atoms with Crippen molar-refractivity contribution in [3.8, 4) is 0 Å². The molecule has 4 nitrogen and oxygen atoms in total. The number of hydrogen-bond donors (Lipinski definition) is 2. The molecule has 2 atom stereocenters. The van der Waals surface area contributed by atoms with Crippen LogP contribution in [0, 0.1) is 12.3 Å². The summed E-state index contributed by atoms with van der Waals surface area (Å²) in [6, 6.07) is 27.2. The van der Waals surface area contributed by atoms with E-state index in [9.17, 15) is 15.0 Å². The molecule has 0 spiro atoms. The molecule has 1 unspecified atom stereocenters. The summed E-state index contributed by atoms with van der Waals surface area (Å²) in [4.78, 5) is 16.3. The minimum absolute atomic E-state index is 0.0733. The van der Waals surface area contributed by atoms with Crippen LogP contribution in [0.1, 0.15) is 71.4 Å². The zero-order valence-electron chi connectivity index (χ0n) is 23.5. The van der Waals surface area contributed by atoms with Gasteiger partial charge in [-0.3, -0.25) is 4.79 Å². The second kappa shape index (κ2) is 12.7. The number of alkyl halides is 1. The minimum Gasteiger partial charge on any atom is -0.481 e. The van der Waals surface area contributed by atoms with Crippen LogP contribution < -0.4 is 0 Å². The van der Waals surface area contributed by atoms with Gasteiger partial charge in [-0.25, -0.2) is 4.98 Å². The summed E-state index contributed by atoms with van der Waals surface area (Å²) in [5, 5.41) is 21.5. The number of thioether (sulfide) groups is 1. The van der Waals surface area contributed by atoms with Crippen LogP contribution in [0.15, 0.2) is 78.9 Å². The molecule has 0 radical (unpaired) electrons. The third-order valence-electron chi connectivity index (χ3n) is 7.86. The molecular weight excluding hydrogens is 641 g/mol. The van der Waals surface area contributed by atoms with Crippen LogP contribution in [0.2, 0.25) is 0 Å². The number of carboxylic acid groups (broad SMARTS) is 1. The van der Waals surface area contributed by atoms with Gasteiger partial charge < -0.3 is 10.2 Å². The fourth-order valence-electron chi connectivity index (χ4n) is 5.34. The SMILES string of the molecule is Cc1ccc2ccc(/C=C/c3cccc([C@@H](CCc4ccccc4C(C)(O)I)SCC4(CC(=O)O)CC4)c3)nc2c1. The molecule has 1 saturated carbocycles. The first-order valence-electron chi connectivity index (χ1n) is 14.1. The molecular formula is C35H36INO3S. The Morgan fingerprint density at radius 1 is 1.07 bits per heavy atom. The van der Waals surface area contributed by atoms with Gasteiger partial charge in [0.2, 0.25) is 0 Å². The summed E-state index contributed by atoms with van der Waals surface area (Å²) in [5.41, 5.74) is 7.50. The number of benzene rings is 3. The summed E-state index contributed by atoms with van der Waals surface area (Å²) >= 11 is 3.97. The molecule has 212 valence electrons. The average Bonchev–Trinajstić information content (AvgIpc) is 3.70. The summed E-state index contributed by atoms with van der Waals surface area (Å²) in [6.45, 7) is 3.90. The third kappa shape index (κ3) is 7.99. The van der Waals surface area contributed by atoms with Crippen LogP contribution in [0.5, 0.6) is 0 Å². The standard InChI is InChI=1S/C35H36INO3S/c1-24-10-12-27-13-16-29(37-31(27)20-24)15-11-25-6-5-8-28(21-25)32(41-23-35(18-19-35)22-33(38)39)17-14-26-7-3-4-9-30(26)34(2,36)40/h3-13,15-16,20-21,32,40H,14,17-19,22-23H2,1-2H3,(H,38,39)/b15-11+/t32-,34?/m1/s1. The molecule has 1 fully saturated rings. The Hall–Kier alpha value is -2.68. The van der Waals surface area contributed by atoms with Crippen molar-refractivity contribution in [3.05, 3.63) is 112 Å². The van der Waals surface area contributed by atoms with E-state index >= 15 is 0 Å². The van der Waals surface area contributed by atoms with Gasteiger partial charge in [-0.2, -0.15) is 11.8 Å². The predicted octanol–water partition coefficient (Wildman–Crippen LogP) is 8.98. The number of aliphatic carboxylic acids is 1. The van der Waals surface area contributed by atoms with E-state index in [2.05, 4.69) is 96.3 Å². The Morgan fingerprint density at radius 3 is 2.61 bits per heavy atom. The normalized spacial score (nSPS) is 16.5. The zero-order valence-corrected chi connectivity index (χ0v) is 26.5. The van der Waals surface area contributed by atoms with E-state index in [0.717, 1.165) is 64.7 Å². The Bertz CT molecular complexity index is 1570. The zero-order chi connectivity index (χ0) is 29.0. The Kier molecular flexibility index (Phi) is 9.21. The molecule has 0 amide bonds. The fraction of sp³-hybridized carbons (Fsp3) is 0.314. The van der Waals surface area contributed by atoms with Crippen LogP contribution in [0.25, 0.3) is 23.1 Å². The second-order valence-electron chi connectivity index (χ2n) is 11.5. The topological polar surface area (TPSA) is 70.4 Å². The molecule has 3 aromatic carbocycles. The number of rotatable bonds is 12. The van der Waals surface area contributed by atoms with Crippen molar-refractivity contribution in [1.82, 2.24) is 4.98 Å². The molecule has 4 aromatic rings. The third-order valence-corrected chi connectivity index (χ3v) is 10.1. The lowest BCUT2D eigenvalue weighted by Crippen LogP contribution is -2.15. The maximum Gasteiger partial charge on any atom is 0.303 e. The number of pyridine rings is 1. The Balaban J connectivity index is 1.37. The number of carboxylic acids is 1. The van der Waals surface area contributed by atoms with Gasteiger partial charge in [0.05, 0.1) is 17.6 Å². The highest BCUT2D eigenvalue weighted by Crippen LogP contribution is 2.53. The van der Waals surface area contributed by atoms with E-state index in [4.69, 9.17) is 4.98 Å². The predicted molar refractivity (Wildman–Crippen MR) is 179 cm³/mol. The number of aryl methyl sites for hydroxylation is 2. The molecule has 1 heterocycles. The monoisotopic (exact) mass is 677 g/mol. The highest BCUT2D eigenvalue weighted by atomic mass is 127. The number of fused-ring (bicyclic) bond motifs is 1. The first-order chi connectivity index (χ1) is 19.6. The summed E-state index contributed by atoms with van der Waals surface area (Å²) in [5.74, 6) is 0.137. The summed E-state index contributed by atoms with van der Waals surface area (Å²) < 4.78 is -0.934. The number of carbonyl (C=O) groups is 1. The van der Waals surface area contributed by atoms with Crippen molar-refractivity contribution in [1.29, 1.82) is 0 Å². The van der Waals surface area contributed by atoms with Crippen molar-refractivity contribution >= 4 is 63.4 Å². The molecule has 1 aromatic heterocycles. The molecule has 41 heavy (non-hydrogen) atoms. The fourth-order valence-corrected chi connectivity index (χ4v) is 7.44. The highest BCUT2D eigenvalue weighted by Gasteiger charge is 2.44. The number of halogens is 1.